The molecular formula is C8H11NO2S2. The second kappa shape index (κ2) is 4.13. The van der Waals surface area contributed by atoms with Gasteiger partial charge in [0.05, 0.1) is 4.90 Å². The summed E-state index contributed by atoms with van der Waals surface area (Å²) in [7, 11) is -3.07. The highest BCUT2D eigenvalue weighted by Gasteiger charge is 2.05. The molecule has 13 heavy (non-hydrogen) atoms. The molecule has 1 aromatic carbocycles. The first-order valence-corrected chi connectivity index (χ1v) is 6.04. The maximum Gasteiger partial charge on any atom is 0.175 e. The van der Waals surface area contributed by atoms with Crippen LogP contribution in [0.4, 0.5) is 0 Å². The predicted molar refractivity (Wildman–Crippen MR) is 55.4 cm³/mol. The molecule has 0 aliphatic heterocycles. The zero-order valence-corrected chi connectivity index (χ0v) is 8.90. The van der Waals surface area contributed by atoms with Crippen LogP contribution in [-0.2, 0) is 16.4 Å². The van der Waals surface area contributed by atoms with Crippen molar-refractivity contribution < 1.29 is 8.42 Å². The van der Waals surface area contributed by atoms with Crippen LogP contribution in [0.1, 0.15) is 5.56 Å². The average Bonchev–Trinajstić information content (AvgIpc) is 2.04. The van der Waals surface area contributed by atoms with E-state index < -0.39 is 9.84 Å². The van der Waals surface area contributed by atoms with Crippen molar-refractivity contribution in [3.05, 3.63) is 29.8 Å². The first-order chi connectivity index (χ1) is 6.04. The van der Waals surface area contributed by atoms with Gasteiger partial charge in [-0.1, -0.05) is 24.9 Å². The largest absolute Gasteiger partial charge is 0.262 e. The summed E-state index contributed by atoms with van der Waals surface area (Å²) in [4.78, 5) is 0.343. The van der Waals surface area contributed by atoms with Crippen molar-refractivity contribution in [2.24, 2.45) is 0 Å². The molecule has 0 aliphatic carbocycles. The van der Waals surface area contributed by atoms with Crippen LogP contribution in [0.2, 0.25) is 0 Å². The van der Waals surface area contributed by atoms with Crippen LogP contribution in [0.25, 0.3) is 0 Å². The van der Waals surface area contributed by atoms with E-state index in [0.717, 1.165) is 5.56 Å². The summed E-state index contributed by atoms with van der Waals surface area (Å²) in [5.74, 6) is 0. The van der Waals surface area contributed by atoms with E-state index in [1.807, 2.05) is 0 Å². The Bertz CT molecular complexity index is 370. The lowest BCUT2D eigenvalue weighted by atomic mass is 10.2. The Morgan fingerprint density at radius 3 is 2.23 bits per heavy atom. The van der Waals surface area contributed by atoms with Crippen LogP contribution in [-0.4, -0.2) is 14.7 Å². The fourth-order valence-electron chi connectivity index (χ4n) is 0.946. The van der Waals surface area contributed by atoms with Crippen molar-refractivity contribution in [3.8, 4) is 0 Å². The van der Waals surface area contributed by atoms with Gasteiger partial charge in [0, 0.05) is 12.8 Å². The van der Waals surface area contributed by atoms with Gasteiger partial charge in [-0.2, -0.15) is 0 Å². The number of thiol groups is 1. The lowest BCUT2D eigenvalue weighted by molar-refractivity contribution is 0.602. The SMILES string of the molecule is CS(=O)(=O)c1ccc(CNS)cc1. The first-order valence-electron chi connectivity index (χ1n) is 3.70. The molecule has 3 nitrogen and oxygen atoms in total. The molecule has 5 heteroatoms. The van der Waals surface area contributed by atoms with Gasteiger partial charge in [0.1, 0.15) is 0 Å². The standard InChI is InChI=1S/C8H11NO2S2/c1-13(10,11)8-4-2-7(3-5-8)6-9-12/h2-5,9,12H,6H2,1H3. The molecule has 0 atom stereocenters. The highest BCUT2D eigenvalue weighted by Crippen LogP contribution is 2.09. The Labute approximate surface area is 83.6 Å². The van der Waals surface area contributed by atoms with Crippen molar-refractivity contribution in [1.29, 1.82) is 0 Å². The van der Waals surface area contributed by atoms with E-state index in [4.69, 9.17) is 0 Å². The van der Waals surface area contributed by atoms with Crippen LogP contribution in [0.5, 0.6) is 0 Å². The van der Waals surface area contributed by atoms with Crippen molar-refractivity contribution in [1.82, 2.24) is 4.72 Å². The molecule has 1 aromatic rings. The van der Waals surface area contributed by atoms with Crippen molar-refractivity contribution in [2.45, 2.75) is 11.4 Å². The van der Waals surface area contributed by atoms with Gasteiger partial charge in [-0.25, -0.2) is 8.42 Å². The lowest BCUT2D eigenvalue weighted by Gasteiger charge is -2.00. The monoisotopic (exact) mass is 217 g/mol. The van der Waals surface area contributed by atoms with Crippen LogP contribution in [0, 0.1) is 0 Å². The van der Waals surface area contributed by atoms with Gasteiger partial charge < -0.3 is 0 Å². The van der Waals surface area contributed by atoms with E-state index in [9.17, 15) is 8.42 Å². The number of sulfone groups is 1. The average molecular weight is 217 g/mol. The molecule has 0 aliphatic rings. The Hall–Kier alpha value is -0.520. The van der Waals surface area contributed by atoms with Crippen molar-refractivity contribution in [2.75, 3.05) is 6.26 Å². The normalized spacial score (nSPS) is 11.5. The fourth-order valence-corrected chi connectivity index (χ4v) is 1.76. The zero-order valence-electron chi connectivity index (χ0n) is 7.19. The maximum atomic E-state index is 11.1. The lowest BCUT2D eigenvalue weighted by Crippen LogP contribution is -2.00. The van der Waals surface area contributed by atoms with Crippen molar-refractivity contribution in [3.63, 3.8) is 0 Å². The van der Waals surface area contributed by atoms with Crippen LogP contribution in [0.3, 0.4) is 0 Å². The molecule has 1 rings (SSSR count). The third kappa shape index (κ3) is 3.02. The summed E-state index contributed by atoms with van der Waals surface area (Å²) in [5.41, 5.74) is 1.00. The summed E-state index contributed by atoms with van der Waals surface area (Å²) >= 11 is 3.85. The third-order valence-corrected chi connectivity index (χ3v) is 2.92. The zero-order chi connectivity index (χ0) is 9.90. The minimum Gasteiger partial charge on any atom is -0.262 e. The molecular weight excluding hydrogens is 206 g/mol. The summed E-state index contributed by atoms with van der Waals surface area (Å²) < 4.78 is 24.8. The van der Waals surface area contributed by atoms with E-state index >= 15 is 0 Å². The molecule has 0 heterocycles. The quantitative estimate of drug-likeness (QED) is 0.743. The van der Waals surface area contributed by atoms with Gasteiger partial charge in [0.25, 0.3) is 0 Å². The predicted octanol–water partition coefficient (Wildman–Crippen LogP) is 1.02. The molecule has 0 spiro atoms. The van der Waals surface area contributed by atoms with Gasteiger partial charge >= 0.3 is 0 Å². The highest BCUT2D eigenvalue weighted by atomic mass is 32.2. The molecule has 0 aromatic heterocycles. The minimum atomic E-state index is -3.07. The van der Waals surface area contributed by atoms with Gasteiger partial charge in [-0.05, 0) is 17.7 Å². The summed E-state index contributed by atoms with van der Waals surface area (Å²) in [6.45, 7) is 0.618. The number of nitrogens with one attached hydrogen (secondary N) is 1. The second-order valence-electron chi connectivity index (χ2n) is 2.75. The second-order valence-corrected chi connectivity index (χ2v) is 5.08. The Morgan fingerprint density at radius 1 is 1.31 bits per heavy atom. The van der Waals surface area contributed by atoms with E-state index in [2.05, 4.69) is 17.5 Å². The fraction of sp³-hybridized carbons (Fsp3) is 0.250. The molecule has 0 bridgehead atoms. The molecule has 0 saturated carbocycles. The van der Waals surface area contributed by atoms with Crippen molar-refractivity contribution >= 4 is 22.7 Å². The van der Waals surface area contributed by atoms with Crippen LogP contribution < -0.4 is 4.72 Å². The molecule has 0 radical (unpaired) electrons. The van der Waals surface area contributed by atoms with E-state index in [0.29, 0.717) is 11.4 Å². The smallest absolute Gasteiger partial charge is 0.175 e. The number of hydrogen-bond acceptors (Lipinski definition) is 4. The molecule has 1 N–H and O–H groups in total. The number of benzene rings is 1. The Kier molecular flexibility index (Phi) is 3.35. The summed E-state index contributed by atoms with van der Waals surface area (Å²) in [6.07, 6.45) is 1.19. The van der Waals surface area contributed by atoms with Gasteiger partial charge in [0.15, 0.2) is 9.84 Å². The molecule has 0 amide bonds. The van der Waals surface area contributed by atoms with E-state index in [-0.39, 0.29) is 0 Å². The third-order valence-electron chi connectivity index (χ3n) is 1.63. The maximum absolute atomic E-state index is 11.1. The molecule has 72 valence electrons. The Morgan fingerprint density at radius 2 is 1.85 bits per heavy atom. The minimum absolute atomic E-state index is 0.343. The van der Waals surface area contributed by atoms with Crippen LogP contribution >= 0.6 is 12.8 Å². The highest BCUT2D eigenvalue weighted by molar-refractivity contribution is 7.90. The van der Waals surface area contributed by atoms with E-state index in [1.54, 1.807) is 24.3 Å². The van der Waals surface area contributed by atoms with E-state index in [1.165, 1.54) is 6.26 Å². The summed E-state index contributed by atoms with van der Waals surface area (Å²) in [6, 6.07) is 6.71. The Balaban J connectivity index is 2.94. The number of rotatable bonds is 3. The molecule has 0 unspecified atom stereocenters. The van der Waals surface area contributed by atoms with Crippen LogP contribution in [0.15, 0.2) is 29.2 Å². The van der Waals surface area contributed by atoms with Gasteiger partial charge in [-0.15, -0.1) is 0 Å². The summed E-state index contributed by atoms with van der Waals surface area (Å²) in [5, 5.41) is 0. The van der Waals surface area contributed by atoms with Gasteiger partial charge in [0.2, 0.25) is 0 Å². The molecule has 0 fully saturated rings. The first kappa shape index (κ1) is 10.6. The number of hydrogen-bond donors (Lipinski definition) is 2. The van der Waals surface area contributed by atoms with Gasteiger partial charge in [-0.3, -0.25) is 4.72 Å². The molecule has 0 saturated heterocycles. The topological polar surface area (TPSA) is 46.2 Å².